The molecule has 1 aliphatic rings. The summed E-state index contributed by atoms with van der Waals surface area (Å²) < 4.78 is 6.04. The van der Waals surface area contributed by atoms with E-state index in [-0.39, 0.29) is 5.60 Å². The maximum atomic E-state index is 6.04. The molecular weight excluding hydrogens is 186 g/mol. The Bertz CT molecular complexity index is 207. The van der Waals surface area contributed by atoms with Crippen LogP contribution in [0.1, 0.15) is 46.5 Å². The lowest BCUT2D eigenvalue weighted by molar-refractivity contribution is -0.0524. The highest BCUT2D eigenvalue weighted by Gasteiger charge is 2.41. The molecule has 0 amide bonds. The standard InChI is InChI=1S/C13H25NO/c1-5-14-12(11(3)4)13(15-6-2)9-7-8-10-13/h12,14H,3,5-10H2,1-2,4H3. The lowest BCUT2D eigenvalue weighted by Crippen LogP contribution is -2.51. The Hall–Kier alpha value is -0.340. The molecule has 0 aromatic rings. The summed E-state index contributed by atoms with van der Waals surface area (Å²) in [5.74, 6) is 0. The minimum absolute atomic E-state index is 0.0244. The minimum Gasteiger partial charge on any atom is -0.373 e. The van der Waals surface area contributed by atoms with Crippen molar-refractivity contribution in [1.29, 1.82) is 0 Å². The molecule has 15 heavy (non-hydrogen) atoms. The number of rotatable bonds is 6. The van der Waals surface area contributed by atoms with Crippen LogP contribution < -0.4 is 5.32 Å². The van der Waals surface area contributed by atoms with Crippen LogP contribution in [0, 0.1) is 0 Å². The SMILES string of the molecule is C=C(C)C(NCC)C1(OCC)CCCC1. The van der Waals surface area contributed by atoms with Crippen LogP contribution in [0.5, 0.6) is 0 Å². The van der Waals surface area contributed by atoms with Crippen LogP contribution in [0.2, 0.25) is 0 Å². The van der Waals surface area contributed by atoms with Gasteiger partial charge in [-0.2, -0.15) is 0 Å². The van der Waals surface area contributed by atoms with Crippen molar-refractivity contribution in [3.8, 4) is 0 Å². The molecule has 0 aromatic heterocycles. The predicted octanol–water partition coefficient (Wildman–Crippen LogP) is 2.89. The third-order valence-electron chi connectivity index (χ3n) is 3.31. The van der Waals surface area contributed by atoms with Crippen molar-refractivity contribution in [3.63, 3.8) is 0 Å². The van der Waals surface area contributed by atoms with Gasteiger partial charge in [-0.05, 0) is 33.2 Å². The van der Waals surface area contributed by atoms with Gasteiger partial charge in [-0.25, -0.2) is 0 Å². The Balaban J connectivity index is 2.78. The van der Waals surface area contributed by atoms with Gasteiger partial charge in [0.15, 0.2) is 0 Å². The highest BCUT2D eigenvalue weighted by atomic mass is 16.5. The lowest BCUT2D eigenvalue weighted by Gasteiger charge is -2.38. The van der Waals surface area contributed by atoms with E-state index in [4.69, 9.17) is 4.74 Å². The van der Waals surface area contributed by atoms with E-state index in [1.165, 1.54) is 31.3 Å². The summed E-state index contributed by atoms with van der Waals surface area (Å²) in [6.45, 7) is 12.2. The lowest BCUT2D eigenvalue weighted by atomic mass is 9.87. The molecule has 88 valence electrons. The van der Waals surface area contributed by atoms with E-state index in [1.54, 1.807) is 0 Å². The largest absolute Gasteiger partial charge is 0.373 e. The minimum atomic E-state index is 0.0244. The van der Waals surface area contributed by atoms with Crippen molar-refractivity contribution in [1.82, 2.24) is 5.32 Å². The zero-order valence-electron chi connectivity index (χ0n) is 10.4. The first-order valence-electron chi connectivity index (χ1n) is 6.19. The first kappa shape index (κ1) is 12.7. The molecule has 1 unspecified atom stereocenters. The monoisotopic (exact) mass is 211 g/mol. The zero-order valence-corrected chi connectivity index (χ0v) is 10.4. The molecule has 1 saturated carbocycles. The van der Waals surface area contributed by atoms with Crippen molar-refractivity contribution >= 4 is 0 Å². The van der Waals surface area contributed by atoms with Crippen LogP contribution >= 0.6 is 0 Å². The van der Waals surface area contributed by atoms with Gasteiger partial charge in [-0.3, -0.25) is 0 Å². The predicted molar refractivity (Wildman–Crippen MR) is 65.1 cm³/mol. The summed E-state index contributed by atoms with van der Waals surface area (Å²) in [4.78, 5) is 0. The van der Waals surface area contributed by atoms with Crippen molar-refractivity contribution in [3.05, 3.63) is 12.2 Å². The van der Waals surface area contributed by atoms with Crippen LogP contribution in [-0.4, -0.2) is 24.8 Å². The number of hydrogen-bond donors (Lipinski definition) is 1. The normalized spacial score (nSPS) is 21.5. The molecular formula is C13H25NO. The van der Waals surface area contributed by atoms with Crippen LogP contribution in [0.15, 0.2) is 12.2 Å². The maximum Gasteiger partial charge on any atom is 0.0872 e. The molecule has 0 bridgehead atoms. The summed E-state index contributed by atoms with van der Waals surface area (Å²) in [6, 6.07) is 0.324. The third kappa shape index (κ3) is 2.82. The van der Waals surface area contributed by atoms with Gasteiger partial charge in [0.1, 0.15) is 0 Å². The Kier molecular flexibility index (Phi) is 4.81. The van der Waals surface area contributed by atoms with Crippen molar-refractivity contribution in [2.45, 2.75) is 58.1 Å². The van der Waals surface area contributed by atoms with Gasteiger partial charge in [0.25, 0.3) is 0 Å². The van der Waals surface area contributed by atoms with Gasteiger partial charge in [0.2, 0.25) is 0 Å². The second-order valence-corrected chi connectivity index (χ2v) is 4.54. The van der Waals surface area contributed by atoms with Gasteiger partial charge in [0.05, 0.1) is 11.6 Å². The number of ether oxygens (including phenoxy) is 1. The van der Waals surface area contributed by atoms with Crippen LogP contribution in [0.4, 0.5) is 0 Å². The molecule has 1 fully saturated rings. The Labute approximate surface area is 94.1 Å². The summed E-state index contributed by atoms with van der Waals surface area (Å²) in [7, 11) is 0. The van der Waals surface area contributed by atoms with E-state index >= 15 is 0 Å². The summed E-state index contributed by atoms with van der Waals surface area (Å²) in [6.07, 6.45) is 4.92. The van der Waals surface area contributed by atoms with E-state index in [0.29, 0.717) is 6.04 Å². The van der Waals surface area contributed by atoms with Gasteiger partial charge >= 0.3 is 0 Å². The molecule has 0 radical (unpaired) electrons. The van der Waals surface area contributed by atoms with Crippen LogP contribution in [-0.2, 0) is 4.74 Å². The number of nitrogens with one attached hydrogen (secondary N) is 1. The zero-order chi connectivity index (χ0) is 11.3. The third-order valence-corrected chi connectivity index (χ3v) is 3.31. The number of likely N-dealkylation sites (N-methyl/N-ethyl adjacent to an activating group) is 1. The molecule has 1 N–H and O–H groups in total. The molecule has 1 atom stereocenters. The average Bonchev–Trinajstić information content (AvgIpc) is 2.63. The van der Waals surface area contributed by atoms with Crippen molar-refractivity contribution in [2.24, 2.45) is 0 Å². The fourth-order valence-corrected chi connectivity index (χ4v) is 2.79. The quantitative estimate of drug-likeness (QED) is 0.682. The first-order valence-corrected chi connectivity index (χ1v) is 6.19. The molecule has 2 heteroatoms. The fourth-order valence-electron chi connectivity index (χ4n) is 2.79. The van der Waals surface area contributed by atoms with Crippen molar-refractivity contribution < 1.29 is 4.74 Å². The second-order valence-electron chi connectivity index (χ2n) is 4.54. The molecule has 0 saturated heterocycles. The molecule has 1 aliphatic carbocycles. The van der Waals surface area contributed by atoms with E-state index in [0.717, 1.165) is 13.2 Å². The van der Waals surface area contributed by atoms with Gasteiger partial charge in [-0.15, -0.1) is 0 Å². The van der Waals surface area contributed by atoms with Crippen LogP contribution in [0.3, 0.4) is 0 Å². The van der Waals surface area contributed by atoms with Crippen LogP contribution in [0.25, 0.3) is 0 Å². The Morgan fingerprint density at radius 2 is 2.00 bits per heavy atom. The molecule has 0 heterocycles. The van der Waals surface area contributed by atoms with E-state index in [9.17, 15) is 0 Å². The summed E-state index contributed by atoms with van der Waals surface area (Å²) in [5, 5.41) is 3.53. The highest BCUT2D eigenvalue weighted by molar-refractivity contribution is 5.13. The Morgan fingerprint density at radius 3 is 2.40 bits per heavy atom. The summed E-state index contributed by atoms with van der Waals surface area (Å²) in [5.41, 5.74) is 1.23. The Morgan fingerprint density at radius 1 is 1.40 bits per heavy atom. The van der Waals surface area contributed by atoms with Gasteiger partial charge in [0, 0.05) is 6.61 Å². The maximum absolute atomic E-state index is 6.04. The molecule has 1 rings (SSSR count). The van der Waals surface area contributed by atoms with Gasteiger partial charge in [-0.1, -0.05) is 31.9 Å². The number of hydrogen-bond acceptors (Lipinski definition) is 2. The average molecular weight is 211 g/mol. The van der Waals surface area contributed by atoms with Gasteiger partial charge < -0.3 is 10.1 Å². The molecule has 2 nitrogen and oxygen atoms in total. The van der Waals surface area contributed by atoms with E-state index in [2.05, 4.69) is 32.7 Å². The topological polar surface area (TPSA) is 21.3 Å². The molecule has 0 aliphatic heterocycles. The summed E-state index contributed by atoms with van der Waals surface area (Å²) >= 11 is 0. The second kappa shape index (κ2) is 5.66. The van der Waals surface area contributed by atoms with E-state index < -0.39 is 0 Å². The fraction of sp³-hybridized carbons (Fsp3) is 0.846. The van der Waals surface area contributed by atoms with Crippen molar-refractivity contribution in [2.75, 3.05) is 13.2 Å². The smallest absolute Gasteiger partial charge is 0.0872 e. The molecule has 0 aromatic carbocycles. The molecule has 0 spiro atoms. The van der Waals surface area contributed by atoms with E-state index in [1.807, 2.05) is 0 Å². The first-order chi connectivity index (χ1) is 7.16. The highest BCUT2D eigenvalue weighted by Crippen LogP contribution is 2.38.